The van der Waals surface area contributed by atoms with Gasteiger partial charge in [-0.25, -0.2) is 29.9 Å². The fourth-order valence-corrected chi connectivity index (χ4v) is 13.5. The Labute approximate surface area is 565 Å². The third-order valence-corrected chi connectivity index (χ3v) is 18.5. The van der Waals surface area contributed by atoms with Gasteiger partial charge in [-0.2, -0.15) is 0 Å². The van der Waals surface area contributed by atoms with Gasteiger partial charge in [-0.1, -0.05) is 315 Å². The highest BCUT2D eigenvalue weighted by molar-refractivity contribution is 6.14. The summed E-state index contributed by atoms with van der Waals surface area (Å²) in [6.45, 7) is 0. The summed E-state index contributed by atoms with van der Waals surface area (Å²) in [5.74, 6) is 3.42. The molecule has 0 bridgehead atoms. The Hall–Kier alpha value is -13.3. The van der Waals surface area contributed by atoms with Crippen LogP contribution in [0, 0.1) is 0 Å². The molecule has 4 aromatic heterocycles. The van der Waals surface area contributed by atoms with Crippen molar-refractivity contribution in [2.24, 2.45) is 0 Å². The van der Waals surface area contributed by atoms with Gasteiger partial charge in [0.2, 0.25) is 0 Å². The van der Waals surface area contributed by atoms with Crippen molar-refractivity contribution < 1.29 is 8.83 Å². The van der Waals surface area contributed by atoms with Crippen molar-refractivity contribution >= 4 is 43.9 Å². The number of furan rings is 2. The zero-order valence-corrected chi connectivity index (χ0v) is 52.8. The lowest BCUT2D eigenvalue weighted by molar-refractivity contribution is 0.670. The smallest absolute Gasteiger partial charge is 0.167 e. The average molecular weight is 1250 g/mol. The van der Waals surface area contributed by atoms with Gasteiger partial charge in [0.25, 0.3) is 0 Å². The quantitative estimate of drug-likeness (QED) is 0.112. The molecular weight excluding hydrogens is 1200 g/mol. The third kappa shape index (κ3) is 10.7. The van der Waals surface area contributed by atoms with Crippen LogP contribution in [0.1, 0.15) is 0 Å². The molecule has 0 saturated heterocycles. The van der Waals surface area contributed by atoms with E-state index < -0.39 is 0 Å². The van der Waals surface area contributed by atoms with Gasteiger partial charge in [0.15, 0.2) is 34.9 Å². The minimum atomic E-state index is 0.530. The Bertz CT molecular complexity index is 5940. The van der Waals surface area contributed by atoms with E-state index in [9.17, 15) is 0 Å². The zero-order chi connectivity index (χ0) is 64.9. The van der Waals surface area contributed by atoms with E-state index in [0.29, 0.717) is 34.9 Å². The van der Waals surface area contributed by atoms with Crippen LogP contribution in [0.2, 0.25) is 0 Å². The molecule has 14 aromatic carbocycles. The fourth-order valence-electron chi connectivity index (χ4n) is 13.5. The maximum Gasteiger partial charge on any atom is 0.167 e. The van der Waals surface area contributed by atoms with E-state index in [1.165, 1.54) is 11.1 Å². The average Bonchev–Trinajstić information content (AvgIpc) is 1.59. The second kappa shape index (κ2) is 24.6. The fraction of sp³-hybridized carbons (Fsp3) is 0. The zero-order valence-electron chi connectivity index (χ0n) is 52.8. The van der Waals surface area contributed by atoms with Crippen LogP contribution >= 0.6 is 0 Å². The number of nitrogens with zero attached hydrogens (tertiary/aromatic N) is 6. The summed E-state index contributed by atoms with van der Waals surface area (Å²) in [6, 6.07) is 118. The monoisotopic (exact) mass is 1250 g/mol. The minimum Gasteiger partial charge on any atom is -0.455 e. The van der Waals surface area contributed by atoms with Crippen LogP contribution in [0.3, 0.4) is 0 Å². The van der Waals surface area contributed by atoms with Crippen LogP contribution in [0.25, 0.3) is 190 Å². The molecule has 0 spiro atoms. The predicted molar refractivity (Wildman–Crippen MR) is 398 cm³/mol. The van der Waals surface area contributed by atoms with Crippen molar-refractivity contribution in [3.05, 3.63) is 340 Å². The summed E-state index contributed by atoms with van der Waals surface area (Å²) in [5, 5.41) is 4.03. The first-order valence-electron chi connectivity index (χ1n) is 32.8. The number of fused-ring (bicyclic) bond motifs is 6. The van der Waals surface area contributed by atoms with Gasteiger partial charge in [-0.05, 0) is 91.0 Å². The highest BCUT2D eigenvalue weighted by Gasteiger charge is 2.23. The Morgan fingerprint density at radius 2 is 0.357 bits per heavy atom. The van der Waals surface area contributed by atoms with Gasteiger partial charge in [-0.3, -0.25) is 0 Å². The van der Waals surface area contributed by atoms with E-state index in [1.54, 1.807) is 0 Å². The molecule has 98 heavy (non-hydrogen) atoms. The molecule has 18 aromatic rings. The van der Waals surface area contributed by atoms with Crippen molar-refractivity contribution in [2.45, 2.75) is 0 Å². The number of hydrogen-bond donors (Lipinski definition) is 0. The third-order valence-electron chi connectivity index (χ3n) is 18.5. The lowest BCUT2D eigenvalue weighted by Crippen LogP contribution is -2.00. The van der Waals surface area contributed by atoms with E-state index in [2.05, 4.69) is 231 Å². The number of hydrogen-bond acceptors (Lipinski definition) is 8. The maximum atomic E-state index is 6.98. The second-order valence-electron chi connectivity index (χ2n) is 24.5. The molecule has 4 heterocycles. The molecule has 0 fully saturated rings. The first-order chi connectivity index (χ1) is 48.5. The van der Waals surface area contributed by atoms with Crippen molar-refractivity contribution in [3.8, 4) is 146 Å². The van der Waals surface area contributed by atoms with Crippen molar-refractivity contribution in [1.29, 1.82) is 0 Å². The summed E-state index contributed by atoms with van der Waals surface area (Å²) in [6.07, 6.45) is 0. The van der Waals surface area contributed by atoms with E-state index in [1.807, 2.05) is 109 Å². The van der Waals surface area contributed by atoms with Crippen molar-refractivity contribution in [3.63, 3.8) is 0 Å². The SMILES string of the molecule is c1ccc(-c2ccc(-c3ccc(-c4cccc5c4oc4c(-c6nc(-c7ccccc7)nc(-c7ccc(-c8cccc(-c9ccc(-c%10cccc(-c%11cccc%12c%11oc%11c(-c%13nc(-c%14ccccc%14)nc(-c%14ccccc%14)n%13)cccc%11%12)c%10)cc9)c8)cc7)n6)cccc45)cc3)cc2)cc1. The lowest BCUT2D eigenvalue weighted by atomic mass is 9.95. The Kier molecular flexibility index (Phi) is 14.4. The maximum absolute atomic E-state index is 6.98. The molecule has 0 aliphatic heterocycles. The van der Waals surface area contributed by atoms with Gasteiger partial charge in [0.05, 0.1) is 11.1 Å². The van der Waals surface area contributed by atoms with Gasteiger partial charge in [0, 0.05) is 54.9 Å². The van der Waals surface area contributed by atoms with E-state index >= 15 is 0 Å². The van der Waals surface area contributed by atoms with Gasteiger partial charge < -0.3 is 8.83 Å². The van der Waals surface area contributed by atoms with Crippen LogP contribution in [0.5, 0.6) is 0 Å². The van der Waals surface area contributed by atoms with Crippen LogP contribution in [-0.4, -0.2) is 29.9 Å². The molecule has 0 saturated carbocycles. The number of aromatic nitrogens is 6. The summed E-state index contributed by atoms with van der Waals surface area (Å²) in [4.78, 5) is 30.6. The normalized spacial score (nSPS) is 11.5. The molecule has 0 aliphatic rings. The van der Waals surface area contributed by atoms with Gasteiger partial charge in [-0.15, -0.1) is 0 Å². The highest BCUT2D eigenvalue weighted by atomic mass is 16.3. The molecular formula is C90H56N6O2. The Morgan fingerprint density at radius 1 is 0.143 bits per heavy atom. The van der Waals surface area contributed by atoms with E-state index in [-0.39, 0.29) is 0 Å². The molecule has 0 amide bonds. The molecule has 458 valence electrons. The highest BCUT2D eigenvalue weighted by Crippen LogP contribution is 2.43. The molecule has 0 atom stereocenters. The first-order valence-corrected chi connectivity index (χ1v) is 32.8. The summed E-state index contributed by atoms with van der Waals surface area (Å²) in [5.41, 5.74) is 23.7. The molecule has 8 nitrogen and oxygen atoms in total. The molecule has 8 heteroatoms. The van der Waals surface area contributed by atoms with Crippen LogP contribution in [0.4, 0.5) is 0 Å². The van der Waals surface area contributed by atoms with Crippen LogP contribution < -0.4 is 0 Å². The van der Waals surface area contributed by atoms with Crippen LogP contribution in [-0.2, 0) is 0 Å². The van der Waals surface area contributed by atoms with Crippen molar-refractivity contribution in [2.75, 3.05) is 0 Å². The molecule has 0 radical (unpaired) electrons. The second-order valence-corrected chi connectivity index (χ2v) is 24.5. The molecule has 0 aliphatic carbocycles. The lowest BCUT2D eigenvalue weighted by Gasteiger charge is -2.10. The standard InChI is InChI=1S/C90H56N6O2/c1-5-19-57(20-6-1)58-39-41-59(42-40-58)60-47-51-64(52-48-60)73-31-15-33-75-77-35-17-37-79(83(77)97-81(73)75)90-95-87(67-25-11-4-12-26-67)92-88(96-90)68-53-49-63(50-54-68)70-28-13-27-69(55-70)61-43-45-62(46-44-61)71-29-14-30-72(56-71)74-32-16-34-76-78-36-18-38-80(84(78)98-82(74)76)89-93-85(65-21-7-2-8-22-65)91-86(94-89)66-23-9-3-10-24-66/h1-56H. The van der Waals surface area contributed by atoms with E-state index in [4.69, 9.17) is 38.7 Å². The van der Waals surface area contributed by atoms with Gasteiger partial charge in [0.1, 0.15) is 22.3 Å². The molecule has 0 unspecified atom stereocenters. The molecule has 18 rings (SSSR count). The Balaban J connectivity index is 0.616. The summed E-state index contributed by atoms with van der Waals surface area (Å²) >= 11 is 0. The van der Waals surface area contributed by atoms with Gasteiger partial charge >= 0.3 is 0 Å². The van der Waals surface area contributed by atoms with E-state index in [0.717, 1.165) is 144 Å². The number of rotatable bonds is 13. The largest absolute Gasteiger partial charge is 0.455 e. The summed E-state index contributed by atoms with van der Waals surface area (Å²) < 4.78 is 14.0. The van der Waals surface area contributed by atoms with Crippen molar-refractivity contribution in [1.82, 2.24) is 29.9 Å². The number of para-hydroxylation sites is 4. The predicted octanol–water partition coefficient (Wildman–Crippen LogP) is 23.5. The molecule has 0 N–H and O–H groups in total. The number of benzene rings is 14. The minimum absolute atomic E-state index is 0.530. The van der Waals surface area contributed by atoms with Crippen LogP contribution in [0.15, 0.2) is 349 Å². The first kappa shape index (κ1) is 57.4. The Morgan fingerprint density at radius 3 is 0.714 bits per heavy atom. The summed E-state index contributed by atoms with van der Waals surface area (Å²) in [7, 11) is 0. The topological polar surface area (TPSA) is 104 Å².